The Balaban J connectivity index is 3.54. The molecule has 0 amide bonds. The maximum Gasteiger partial charge on any atom is 0.331 e. The Morgan fingerprint density at radius 2 is 1.71 bits per heavy atom. The zero-order chi connectivity index (χ0) is 6.08. The van der Waals surface area contributed by atoms with Crippen molar-refractivity contribution in [1.82, 2.24) is 0 Å². The molecular formula is C3H3BrF3. The van der Waals surface area contributed by atoms with Gasteiger partial charge in [-0.25, -0.2) is 4.39 Å². The molecule has 0 heterocycles. The van der Waals surface area contributed by atoms with Gasteiger partial charge in [-0.1, -0.05) is 0 Å². The highest BCUT2D eigenvalue weighted by Gasteiger charge is 2.32. The molecule has 43 valence electrons. The van der Waals surface area contributed by atoms with Crippen LogP contribution in [0.1, 0.15) is 0 Å². The molecule has 0 bridgehead atoms. The molecule has 0 rings (SSSR count). The van der Waals surface area contributed by atoms with Crippen molar-refractivity contribution in [2.24, 2.45) is 0 Å². The Morgan fingerprint density at radius 1 is 1.57 bits per heavy atom. The van der Waals surface area contributed by atoms with Gasteiger partial charge >= 0.3 is 4.83 Å². The topological polar surface area (TPSA) is 0 Å². The molecule has 0 saturated heterocycles. The van der Waals surface area contributed by atoms with Crippen molar-refractivity contribution in [1.29, 1.82) is 0 Å². The lowest BCUT2D eigenvalue weighted by molar-refractivity contribution is 0.0443. The first kappa shape index (κ1) is 7.27. The number of rotatable bonds is 1. The average molecular weight is 176 g/mol. The predicted molar refractivity (Wildman–Crippen MR) is 24.1 cm³/mol. The average Bonchev–Trinajstić information content (AvgIpc) is 1.31. The molecule has 0 nitrogen and oxygen atoms in total. The van der Waals surface area contributed by atoms with Crippen LogP contribution in [0.25, 0.3) is 0 Å². The first-order valence-corrected chi connectivity index (χ1v) is 2.28. The van der Waals surface area contributed by atoms with Crippen LogP contribution >= 0.6 is 15.9 Å². The Labute approximate surface area is 47.8 Å². The van der Waals surface area contributed by atoms with Gasteiger partial charge in [-0.2, -0.15) is 8.78 Å². The Kier molecular flexibility index (Phi) is 2.10. The van der Waals surface area contributed by atoms with E-state index >= 15 is 0 Å². The molecule has 0 aliphatic carbocycles. The van der Waals surface area contributed by atoms with E-state index < -0.39 is 11.0 Å². The van der Waals surface area contributed by atoms with Crippen LogP contribution in [0, 0.1) is 6.92 Å². The molecule has 1 unspecified atom stereocenters. The molecular weight excluding hydrogens is 173 g/mol. The third kappa shape index (κ3) is 2.91. The molecule has 0 spiro atoms. The summed E-state index contributed by atoms with van der Waals surface area (Å²) in [5.74, 6) is 0. The van der Waals surface area contributed by atoms with Gasteiger partial charge in [-0.05, 0) is 22.9 Å². The van der Waals surface area contributed by atoms with Crippen LogP contribution in [-0.4, -0.2) is 11.0 Å². The third-order valence-corrected chi connectivity index (χ3v) is 0.852. The van der Waals surface area contributed by atoms with Crippen LogP contribution in [0.15, 0.2) is 0 Å². The lowest BCUT2D eigenvalue weighted by Crippen LogP contribution is -2.18. The molecule has 1 radical (unpaired) electrons. The lowest BCUT2D eigenvalue weighted by Gasteiger charge is -2.06. The summed E-state index contributed by atoms with van der Waals surface area (Å²) in [7, 11) is 0. The Bertz CT molecular complexity index is 55.7. The van der Waals surface area contributed by atoms with Crippen molar-refractivity contribution in [2.45, 2.75) is 11.0 Å². The summed E-state index contributed by atoms with van der Waals surface area (Å²) in [4.78, 5) is -3.47. The summed E-state index contributed by atoms with van der Waals surface area (Å²) in [6.45, 7) is 2.45. The van der Waals surface area contributed by atoms with Gasteiger partial charge in [0.25, 0.3) is 0 Å². The van der Waals surface area contributed by atoms with Gasteiger partial charge in [-0.15, -0.1) is 0 Å². The van der Waals surface area contributed by atoms with E-state index in [1.807, 2.05) is 0 Å². The molecule has 0 aromatic carbocycles. The molecule has 0 fully saturated rings. The smallest absolute Gasteiger partial charge is 0.240 e. The fourth-order valence-corrected chi connectivity index (χ4v) is 0. The molecule has 0 aromatic heterocycles. The quantitative estimate of drug-likeness (QED) is 0.537. The van der Waals surface area contributed by atoms with E-state index in [1.54, 1.807) is 15.9 Å². The summed E-state index contributed by atoms with van der Waals surface area (Å²) >= 11 is 1.77. The largest absolute Gasteiger partial charge is 0.331 e. The van der Waals surface area contributed by atoms with Crippen LogP contribution in [0.2, 0.25) is 0 Å². The first-order valence-electron chi connectivity index (χ1n) is 1.48. The second-order valence-electron chi connectivity index (χ2n) is 1.01. The van der Waals surface area contributed by atoms with E-state index in [-0.39, 0.29) is 0 Å². The number of hydrogen-bond donors (Lipinski definition) is 0. The molecule has 0 aromatic rings. The van der Waals surface area contributed by atoms with E-state index in [1.165, 1.54) is 0 Å². The summed E-state index contributed by atoms with van der Waals surface area (Å²) < 4.78 is 33.9. The molecule has 0 aliphatic rings. The molecule has 4 heteroatoms. The Morgan fingerprint density at radius 3 is 1.71 bits per heavy atom. The van der Waals surface area contributed by atoms with Crippen molar-refractivity contribution >= 4 is 15.9 Å². The normalized spacial score (nSPS) is 16.7. The fourth-order valence-electron chi connectivity index (χ4n) is 0. The molecule has 1 atom stereocenters. The van der Waals surface area contributed by atoms with Crippen LogP contribution in [0.3, 0.4) is 0 Å². The van der Waals surface area contributed by atoms with E-state index in [2.05, 4.69) is 6.92 Å². The zero-order valence-electron chi connectivity index (χ0n) is 3.30. The highest BCUT2D eigenvalue weighted by molar-refractivity contribution is 9.10. The summed E-state index contributed by atoms with van der Waals surface area (Å²) in [5.41, 5.74) is 0. The van der Waals surface area contributed by atoms with Crippen molar-refractivity contribution in [3.63, 3.8) is 0 Å². The van der Waals surface area contributed by atoms with Crippen LogP contribution in [0.4, 0.5) is 13.2 Å². The van der Waals surface area contributed by atoms with Gasteiger partial charge in [0.15, 0.2) is 6.17 Å². The lowest BCUT2D eigenvalue weighted by atomic mass is 10.5. The SMILES string of the molecule is [CH2]C(F)C(F)(F)Br. The summed E-state index contributed by atoms with van der Waals surface area (Å²) in [6, 6.07) is 0. The van der Waals surface area contributed by atoms with Crippen molar-refractivity contribution < 1.29 is 13.2 Å². The van der Waals surface area contributed by atoms with E-state index in [0.717, 1.165) is 0 Å². The number of hydrogen-bond acceptors (Lipinski definition) is 0. The summed E-state index contributed by atoms with van der Waals surface area (Å²) in [6.07, 6.45) is -2.37. The van der Waals surface area contributed by atoms with Crippen molar-refractivity contribution in [3.8, 4) is 0 Å². The minimum Gasteiger partial charge on any atom is -0.240 e. The van der Waals surface area contributed by atoms with Crippen molar-refractivity contribution in [2.75, 3.05) is 0 Å². The first-order chi connectivity index (χ1) is 2.94. The second-order valence-corrected chi connectivity index (χ2v) is 2.07. The monoisotopic (exact) mass is 175 g/mol. The highest BCUT2D eigenvalue weighted by atomic mass is 79.9. The highest BCUT2D eigenvalue weighted by Crippen LogP contribution is 2.27. The maximum absolute atomic E-state index is 11.3. The maximum atomic E-state index is 11.3. The van der Waals surface area contributed by atoms with Gasteiger partial charge in [-0.3, -0.25) is 0 Å². The van der Waals surface area contributed by atoms with Gasteiger partial charge in [0.2, 0.25) is 0 Å². The van der Waals surface area contributed by atoms with Gasteiger partial charge in [0.1, 0.15) is 0 Å². The van der Waals surface area contributed by atoms with Gasteiger partial charge < -0.3 is 0 Å². The van der Waals surface area contributed by atoms with Crippen LogP contribution in [0.5, 0.6) is 0 Å². The van der Waals surface area contributed by atoms with Crippen molar-refractivity contribution in [3.05, 3.63) is 6.92 Å². The fraction of sp³-hybridized carbons (Fsp3) is 0.667. The zero-order valence-corrected chi connectivity index (χ0v) is 4.88. The number of alkyl halides is 4. The number of halogens is 4. The Hall–Kier alpha value is 0.270. The van der Waals surface area contributed by atoms with E-state index in [0.29, 0.717) is 0 Å². The molecule has 7 heavy (non-hydrogen) atoms. The minimum absolute atomic E-state index is 1.77. The molecule has 0 N–H and O–H groups in total. The van der Waals surface area contributed by atoms with E-state index in [4.69, 9.17) is 0 Å². The molecule has 0 aliphatic heterocycles. The summed E-state index contributed by atoms with van der Waals surface area (Å²) in [5, 5.41) is 0. The predicted octanol–water partition coefficient (Wildman–Crippen LogP) is 2.15. The second kappa shape index (κ2) is 2.03. The van der Waals surface area contributed by atoms with Gasteiger partial charge in [0.05, 0.1) is 0 Å². The molecule has 0 saturated carbocycles. The minimum atomic E-state index is -3.47. The van der Waals surface area contributed by atoms with E-state index in [9.17, 15) is 13.2 Å². The van der Waals surface area contributed by atoms with Gasteiger partial charge in [0, 0.05) is 0 Å². The standard InChI is InChI=1S/C3H3BrF3/c1-2(5)3(4,6)7/h2H,1H2. The van der Waals surface area contributed by atoms with Crippen LogP contribution < -0.4 is 0 Å². The third-order valence-electron chi connectivity index (χ3n) is 0.355. The van der Waals surface area contributed by atoms with Crippen LogP contribution in [-0.2, 0) is 0 Å².